The van der Waals surface area contributed by atoms with Crippen LogP contribution < -0.4 is 80.6 Å². The van der Waals surface area contributed by atoms with Gasteiger partial charge in [0.15, 0.2) is 0 Å². The van der Waals surface area contributed by atoms with Crippen molar-refractivity contribution >= 4 is 134 Å². The number of primary amides is 2. The molecule has 1 aliphatic heterocycles. The second kappa shape index (κ2) is 52.1. The highest BCUT2D eigenvalue weighted by Crippen LogP contribution is 2.23. The first-order valence-corrected chi connectivity index (χ1v) is 44.9. The lowest BCUT2D eigenvalue weighted by molar-refractivity contribution is -0.147. The molecule has 1 fully saturated rings. The van der Waals surface area contributed by atoms with Crippen LogP contribution in [0.3, 0.4) is 0 Å². The van der Waals surface area contributed by atoms with Crippen LogP contribution in [0.15, 0.2) is 138 Å². The van der Waals surface area contributed by atoms with E-state index >= 15 is 14.4 Å². The number of amides is 17. The Kier molecular flexibility index (Phi) is 42.5. The van der Waals surface area contributed by atoms with Crippen molar-refractivity contribution in [3.8, 4) is 16.9 Å². The number of carboxylic acids is 1. The number of hydrogen-bond donors (Lipinski definition) is 18. The molecule has 1 aliphatic rings. The number of hydrogen-bond acceptors (Lipinski definition) is 21. The van der Waals surface area contributed by atoms with Crippen LogP contribution in [0.5, 0.6) is 5.75 Å². The van der Waals surface area contributed by atoms with Crippen molar-refractivity contribution < 1.29 is 102 Å². The molecule has 0 radical (unpaired) electrons. The molecule has 0 aromatic heterocycles. The van der Waals surface area contributed by atoms with Crippen molar-refractivity contribution in [3.05, 3.63) is 160 Å². The topological polar surface area (TPSA) is 583 Å². The molecule has 20 N–H and O–H groups in total. The minimum Gasteiger partial charge on any atom is -0.508 e. The maximum absolute atomic E-state index is 15.1. The van der Waals surface area contributed by atoms with Crippen molar-refractivity contribution in [3.63, 3.8) is 0 Å². The zero-order valence-electron chi connectivity index (χ0n) is 75.3. The largest absolute Gasteiger partial charge is 0.508 e. The lowest BCUT2D eigenvalue weighted by Crippen LogP contribution is -2.61. The van der Waals surface area contributed by atoms with Crippen molar-refractivity contribution in [1.29, 1.82) is 0 Å². The number of rotatable bonds is 23. The van der Waals surface area contributed by atoms with Crippen LogP contribution in [0, 0.1) is 23.7 Å². The maximum atomic E-state index is 15.1. The average Bonchev–Trinajstić information content (AvgIpc) is 0.830. The number of likely N-dealkylation sites (N-methyl/N-ethyl adjacent to an activating group) is 2. The number of benzene rings is 5. The monoisotopic (exact) mass is 1900 g/mol. The fourth-order valence-electron chi connectivity index (χ4n) is 14.0. The van der Waals surface area contributed by atoms with E-state index in [0.717, 1.165) is 20.9 Å². The third-order valence-corrected chi connectivity index (χ3v) is 22.8. The summed E-state index contributed by atoms with van der Waals surface area (Å²) in [5.74, 6) is -22.0. The number of nitrogens with zero attached hydrogens (tertiary/aromatic N) is 2. The van der Waals surface area contributed by atoms with Gasteiger partial charge in [0.05, 0.1) is 31.7 Å². The van der Waals surface area contributed by atoms with Gasteiger partial charge >= 0.3 is 5.97 Å². The highest BCUT2D eigenvalue weighted by molar-refractivity contribution is 9.10. The van der Waals surface area contributed by atoms with Gasteiger partial charge in [0.2, 0.25) is 100 Å². The number of halogens is 1. The number of phenols is 1. The summed E-state index contributed by atoms with van der Waals surface area (Å²) >= 11 is 4.16. The first-order valence-electron chi connectivity index (χ1n) is 42.9. The number of nitrogens with one attached hydrogen (secondary N) is 13. The van der Waals surface area contributed by atoms with Crippen LogP contribution in [0.25, 0.3) is 11.1 Å². The van der Waals surface area contributed by atoms with Gasteiger partial charge in [-0.25, -0.2) is 0 Å². The van der Waals surface area contributed by atoms with E-state index in [2.05, 4.69) is 85.0 Å². The van der Waals surface area contributed by atoms with Crippen molar-refractivity contribution in [2.75, 3.05) is 38.8 Å². The summed E-state index contributed by atoms with van der Waals surface area (Å²) in [6.07, 6.45) is -3.69. The van der Waals surface area contributed by atoms with Crippen molar-refractivity contribution in [2.45, 2.75) is 212 Å². The predicted molar refractivity (Wildman–Crippen MR) is 489 cm³/mol. The van der Waals surface area contributed by atoms with E-state index < -0.39 is 253 Å². The smallest absolute Gasteiger partial charge is 0.305 e. The van der Waals surface area contributed by atoms with Gasteiger partial charge in [-0.1, -0.05) is 181 Å². The maximum Gasteiger partial charge on any atom is 0.305 e. The number of carbonyl (C=O) groups is 18. The third-order valence-electron chi connectivity index (χ3n) is 21.3. The van der Waals surface area contributed by atoms with Crippen LogP contribution in [-0.2, 0) is 112 Å². The highest BCUT2D eigenvalue weighted by Gasteiger charge is 2.41. The Morgan fingerprint density at radius 3 is 1.44 bits per heavy atom. The fraction of sp³-hybridized carbons (Fsp3) is 0.473. The molecule has 0 aliphatic carbocycles. The van der Waals surface area contributed by atoms with E-state index in [9.17, 15) is 87.2 Å². The van der Waals surface area contributed by atoms with Gasteiger partial charge in [-0.3, -0.25) is 86.3 Å². The predicted octanol–water partition coefficient (Wildman–Crippen LogP) is 0.0887. The molecule has 0 saturated carbocycles. The van der Waals surface area contributed by atoms with Crippen LogP contribution >= 0.6 is 27.7 Å². The van der Waals surface area contributed by atoms with Crippen LogP contribution in [0.4, 0.5) is 0 Å². The van der Waals surface area contributed by atoms with Crippen molar-refractivity contribution in [1.82, 2.24) is 78.9 Å². The van der Waals surface area contributed by atoms with Gasteiger partial charge in [-0.15, -0.1) is 11.8 Å². The summed E-state index contributed by atoms with van der Waals surface area (Å²) in [4.78, 5) is 258. The fourth-order valence-corrected chi connectivity index (χ4v) is 15.3. The van der Waals surface area contributed by atoms with Gasteiger partial charge in [-0.2, -0.15) is 0 Å². The van der Waals surface area contributed by atoms with Crippen LogP contribution in [0.1, 0.15) is 124 Å². The molecule has 38 nitrogen and oxygen atoms in total. The summed E-state index contributed by atoms with van der Waals surface area (Å²) in [7, 11) is 2.48. The number of carbonyl (C=O) groups excluding carboxylic acids is 17. The molecule has 5 aromatic rings. The minimum atomic E-state index is -1.96. The molecule has 0 bridgehead atoms. The standard InChI is InChI=1S/C91H122BrN17O21S/c1-48(2)34-63-81(120)102-67(39-55-26-30-59(31-27-55)58-23-17-14-18-24-58)86(125)107-78(51(7)8)91(130)109(12)53(10)90(129)108(11)44-74(114)98-68(42-72(93)112)84(123)100-64(35-49(3)4)85(124)106-77(50(5)6)89(128)104-70(45-110)87(126)105-71(88(127)95-52(9)79(94)118)46-131-47-75(115)99-65(38-54-20-15-13-16-21-54)82(121)101-66(40-56-28-32-62(111)33-29-56)83(122)103-69(43-76(116)117)80(119)96-61(41-73(113)97-63)37-57-22-19-25-60(92)36-57/h13-33,36,48-53,61,63-71,77-78,110-111H,34-35,37-47H2,1-12H3,(H2,93,112)(H2,94,118)(H,95,127)(H,96,119)(H,97,113)(H,98,114)(H,99,115)(H,100,123)(H,101,121)(H,102,120)(H,103,122)(H,104,128)(H,105,126)(H,106,124)(H,107,125)(H,116,117)/t52-,53-,61-,63-,64-,65-,66-,67-,68-,69-,70-,71-,77-,78-/m0/s1. The first kappa shape index (κ1) is 107. The summed E-state index contributed by atoms with van der Waals surface area (Å²) in [6.45, 7) is 13.8. The number of phenolic OH excluding ortho intramolecular Hbond substituents is 1. The Balaban J connectivity index is 1.44. The Morgan fingerprint density at radius 1 is 0.466 bits per heavy atom. The van der Waals surface area contributed by atoms with Crippen molar-refractivity contribution in [2.24, 2.45) is 35.1 Å². The lowest BCUT2D eigenvalue weighted by Gasteiger charge is -2.33. The number of aliphatic hydroxyl groups is 1. The average molecular weight is 1900 g/mol. The molecule has 0 unspecified atom stereocenters. The van der Waals surface area contributed by atoms with Crippen LogP contribution in [0.2, 0.25) is 0 Å². The molecular formula is C91H122BrN17O21S. The second-order valence-electron chi connectivity index (χ2n) is 33.9. The van der Waals surface area contributed by atoms with E-state index in [4.69, 9.17) is 11.5 Å². The number of nitrogens with two attached hydrogens (primary N) is 2. The number of aliphatic hydroxyl groups excluding tert-OH is 1. The minimum absolute atomic E-state index is 0.0454. The molecule has 17 amide bonds. The lowest BCUT2D eigenvalue weighted by atomic mass is 9.97. The molecule has 0 spiro atoms. The highest BCUT2D eigenvalue weighted by atomic mass is 79.9. The number of aromatic hydroxyl groups is 1. The second-order valence-corrected chi connectivity index (χ2v) is 35.9. The van der Waals surface area contributed by atoms with Crippen LogP contribution in [-0.4, -0.2) is 255 Å². The zero-order chi connectivity index (χ0) is 97.2. The Labute approximate surface area is 773 Å². The van der Waals surface area contributed by atoms with E-state index in [1.807, 2.05) is 42.5 Å². The number of carboxylic acid groups (broad SMARTS) is 1. The zero-order valence-corrected chi connectivity index (χ0v) is 77.7. The van der Waals surface area contributed by atoms with E-state index in [0.29, 0.717) is 38.5 Å². The van der Waals surface area contributed by atoms with E-state index in [1.165, 1.54) is 66.1 Å². The van der Waals surface area contributed by atoms with Gasteiger partial charge in [0.1, 0.15) is 84.3 Å². The van der Waals surface area contributed by atoms with Gasteiger partial charge in [-0.05, 0) is 114 Å². The molecule has 710 valence electrons. The molecular weight excluding hydrogens is 1780 g/mol. The summed E-state index contributed by atoms with van der Waals surface area (Å²) < 4.78 is 0.586. The number of thioether (sulfide) groups is 1. The molecule has 5 aromatic carbocycles. The Bertz CT molecular complexity index is 4840. The molecule has 131 heavy (non-hydrogen) atoms. The molecule has 40 heteroatoms. The SMILES string of the molecule is CC(C)C[C@@H]1NC(=O)C[C@H](Cc2cccc(Br)c2)NC(=O)[C@H](CC(=O)O)NC(=O)[C@H](Cc2ccc(O)cc2)NC(=O)[C@H](Cc2ccccc2)NC(=O)CSC[C@@H](C(=O)N[C@@H](C)C(N)=O)NC(=O)[C@H](CO)NC(=O)[C@H](C(C)C)NC(=O)[C@H](CC(C)C)NC(=O)[C@H](CC(N)=O)NC(=O)CN(C)C(=O)[C@H](C)N(C)C(=O)[C@H](C(C)C)NC(=O)[C@H](Cc2ccc(-c3ccccc3)cc2)NC1=O. The molecule has 6 rings (SSSR count). The van der Waals surface area contributed by atoms with E-state index in [1.54, 1.807) is 108 Å². The summed E-state index contributed by atoms with van der Waals surface area (Å²) in [6, 6.07) is 14.9. The summed E-state index contributed by atoms with van der Waals surface area (Å²) in [5.41, 5.74) is 14.6. The normalized spacial score (nSPS) is 23.3. The Morgan fingerprint density at radius 2 is 0.901 bits per heavy atom. The van der Waals surface area contributed by atoms with Gasteiger partial charge in [0.25, 0.3) is 0 Å². The molecule has 14 atom stereocenters. The Hall–Kier alpha value is -12.9. The first-order chi connectivity index (χ1) is 61.8. The molecule has 1 saturated heterocycles. The van der Waals surface area contributed by atoms with Gasteiger partial charge < -0.3 is 106 Å². The number of aliphatic carboxylic acids is 1. The molecule has 1 heterocycles. The van der Waals surface area contributed by atoms with Gasteiger partial charge in [0, 0.05) is 56.0 Å². The van der Waals surface area contributed by atoms with E-state index in [-0.39, 0.29) is 49.7 Å². The quantitative estimate of drug-likeness (QED) is 0.0412. The summed E-state index contributed by atoms with van der Waals surface area (Å²) in [5, 5.41) is 64.8. The third kappa shape index (κ3) is 35.5.